The summed E-state index contributed by atoms with van der Waals surface area (Å²) in [5, 5.41) is 0. The molecule has 0 amide bonds. The summed E-state index contributed by atoms with van der Waals surface area (Å²) in [6.45, 7) is 3.25. The largest absolute Gasteiger partial charge is 0.545 e. The number of carbonyl (C=O) groups excluding carboxylic acids is 1. The molecule has 0 fully saturated rings. The average molecular weight is 341 g/mol. The Morgan fingerprint density at radius 2 is 1.25 bits per heavy atom. The van der Waals surface area contributed by atoms with Crippen LogP contribution in [-0.4, -0.2) is 6.79 Å². The topological polar surface area (TPSA) is 17.1 Å². The van der Waals surface area contributed by atoms with E-state index in [1.165, 1.54) is 0 Å². The first kappa shape index (κ1) is 19.5. The van der Waals surface area contributed by atoms with Crippen molar-refractivity contribution in [2.75, 3.05) is 0 Å². The van der Waals surface area contributed by atoms with Crippen molar-refractivity contribution in [3.05, 3.63) is 0 Å². The van der Waals surface area contributed by atoms with Crippen molar-refractivity contribution in [2.24, 2.45) is 0 Å². The average Bonchev–Trinajstić information content (AvgIpc) is 1.00. The van der Waals surface area contributed by atoms with Crippen LogP contribution in [0.3, 0.4) is 0 Å². The fourth-order valence-corrected chi connectivity index (χ4v) is 0. The normalized spacial score (nSPS) is 1.00. The number of hydrogen-bond donors (Lipinski definition) is 0. The zero-order chi connectivity index (χ0) is 2.00. The van der Waals surface area contributed by atoms with Crippen molar-refractivity contribution < 1.29 is 25.9 Å². The maximum Gasteiger partial charge on any atom is 0 e. The molecule has 0 bridgehead atoms. The minimum atomic E-state index is 0. The molecule has 0 heterocycles. The SMILES string of the molecule is I.[CH-]=O.[W]. The van der Waals surface area contributed by atoms with E-state index in [0.29, 0.717) is 0 Å². The van der Waals surface area contributed by atoms with Gasteiger partial charge in [0.25, 0.3) is 0 Å². The second kappa shape index (κ2) is 32.9. The van der Waals surface area contributed by atoms with Gasteiger partial charge in [-0.2, -0.15) is 0 Å². The Balaban J connectivity index is -0.00000000500. The monoisotopic (exact) mass is 341 g/mol. The van der Waals surface area contributed by atoms with Gasteiger partial charge in [-0.05, 0) is 0 Å². The van der Waals surface area contributed by atoms with Gasteiger partial charge < -0.3 is 4.79 Å². The summed E-state index contributed by atoms with van der Waals surface area (Å²) >= 11 is 0. The molecule has 0 rings (SSSR count). The molecule has 0 aliphatic rings. The molecule has 0 radical (unpaired) electrons. The third kappa shape index (κ3) is 11.4. The number of hydrogen-bond acceptors (Lipinski definition) is 1. The molecule has 3 heteroatoms. The van der Waals surface area contributed by atoms with Crippen LogP contribution in [0, 0.1) is 0 Å². The fraction of sp³-hybridized carbons (Fsp3) is 0. The van der Waals surface area contributed by atoms with Gasteiger partial charge in [-0.15, -0.1) is 24.0 Å². The van der Waals surface area contributed by atoms with E-state index in [1.807, 2.05) is 0 Å². The van der Waals surface area contributed by atoms with E-state index in [2.05, 4.69) is 6.79 Å². The van der Waals surface area contributed by atoms with Crippen LogP contribution in [-0.2, 0) is 25.9 Å². The van der Waals surface area contributed by atoms with Crippen molar-refractivity contribution >= 4 is 30.8 Å². The van der Waals surface area contributed by atoms with Gasteiger partial charge in [-0.25, -0.2) is 0 Å². The summed E-state index contributed by atoms with van der Waals surface area (Å²) in [4.78, 5) is 7.75. The van der Waals surface area contributed by atoms with Crippen LogP contribution < -0.4 is 0 Å². The van der Waals surface area contributed by atoms with Gasteiger partial charge in [0.1, 0.15) is 0 Å². The minimum Gasteiger partial charge on any atom is -0.545 e. The molecule has 0 spiro atoms. The van der Waals surface area contributed by atoms with E-state index in [0.717, 1.165) is 0 Å². The summed E-state index contributed by atoms with van der Waals surface area (Å²) in [6, 6.07) is 0. The van der Waals surface area contributed by atoms with Crippen LogP contribution in [0.4, 0.5) is 0 Å². The van der Waals surface area contributed by atoms with Crippen molar-refractivity contribution in [3.8, 4) is 0 Å². The maximum absolute atomic E-state index is 7.75. The van der Waals surface area contributed by atoms with Gasteiger partial charge >= 0.3 is 0 Å². The number of halogens is 1. The van der Waals surface area contributed by atoms with Crippen LogP contribution in [0.25, 0.3) is 0 Å². The second-order valence-electron chi connectivity index (χ2n) is 0. The van der Waals surface area contributed by atoms with E-state index in [1.54, 1.807) is 0 Å². The Bertz CT molecular complexity index is 8.00. The Morgan fingerprint density at radius 1 is 1.25 bits per heavy atom. The zero-order valence-corrected chi connectivity index (χ0v) is 7.07. The van der Waals surface area contributed by atoms with Gasteiger partial charge in [0.15, 0.2) is 0 Å². The Kier molecular flexibility index (Phi) is 161. The van der Waals surface area contributed by atoms with Gasteiger partial charge in [0.2, 0.25) is 0 Å². The molecular formula is CH2IOW-. The molecule has 0 aromatic carbocycles. The summed E-state index contributed by atoms with van der Waals surface area (Å²) in [7, 11) is 0. The molecule has 26 valence electrons. The van der Waals surface area contributed by atoms with Gasteiger partial charge in [0.05, 0.1) is 0 Å². The third-order valence-electron chi connectivity index (χ3n) is 0. The molecule has 0 aliphatic heterocycles. The van der Waals surface area contributed by atoms with Crippen molar-refractivity contribution in [2.45, 2.75) is 0 Å². The zero-order valence-electron chi connectivity index (χ0n) is 1.80. The molecule has 0 aromatic rings. The molecular weight excluding hydrogens is 339 g/mol. The molecule has 0 aliphatic carbocycles. The Hall–Kier alpha value is 1.09. The Labute approximate surface area is 56.4 Å². The maximum atomic E-state index is 7.75. The van der Waals surface area contributed by atoms with E-state index in [9.17, 15) is 0 Å². The quantitative estimate of drug-likeness (QED) is 0.353. The molecule has 0 atom stereocenters. The van der Waals surface area contributed by atoms with E-state index in [-0.39, 0.29) is 45.0 Å². The smallest absolute Gasteiger partial charge is 0 e. The summed E-state index contributed by atoms with van der Waals surface area (Å²) in [5.74, 6) is 0. The summed E-state index contributed by atoms with van der Waals surface area (Å²) < 4.78 is 0. The molecule has 0 saturated heterocycles. The van der Waals surface area contributed by atoms with Gasteiger partial charge in [-0.1, -0.05) is 0 Å². The molecule has 0 N–H and O–H groups in total. The van der Waals surface area contributed by atoms with E-state index >= 15 is 0 Å². The second-order valence-corrected chi connectivity index (χ2v) is 0. The van der Waals surface area contributed by atoms with E-state index in [4.69, 9.17) is 4.79 Å². The third-order valence-corrected chi connectivity index (χ3v) is 0. The van der Waals surface area contributed by atoms with Crippen LogP contribution in [0.5, 0.6) is 0 Å². The number of rotatable bonds is 0. The van der Waals surface area contributed by atoms with Gasteiger partial charge in [-0.3, -0.25) is 6.79 Å². The van der Waals surface area contributed by atoms with Crippen LogP contribution in [0.2, 0.25) is 0 Å². The minimum absolute atomic E-state index is 0. The van der Waals surface area contributed by atoms with Crippen molar-refractivity contribution in [1.29, 1.82) is 0 Å². The van der Waals surface area contributed by atoms with Crippen LogP contribution >= 0.6 is 24.0 Å². The van der Waals surface area contributed by atoms with E-state index < -0.39 is 0 Å². The fourth-order valence-electron chi connectivity index (χ4n) is 0. The molecule has 0 saturated carbocycles. The molecule has 1 nitrogen and oxygen atoms in total. The van der Waals surface area contributed by atoms with Crippen molar-refractivity contribution in [1.82, 2.24) is 0 Å². The first-order chi connectivity index (χ1) is 1.00. The van der Waals surface area contributed by atoms with Crippen LogP contribution in [0.15, 0.2) is 0 Å². The summed E-state index contributed by atoms with van der Waals surface area (Å²) in [6.07, 6.45) is 0. The first-order valence-corrected chi connectivity index (χ1v) is 0.236. The predicted molar refractivity (Wildman–Crippen MR) is 22.2 cm³/mol. The molecule has 0 aromatic heterocycles. The first-order valence-electron chi connectivity index (χ1n) is 0.236. The summed E-state index contributed by atoms with van der Waals surface area (Å²) in [5.41, 5.74) is 0. The standard InChI is InChI=1S/CHO.HI.W/c1-2;;/h1H;1H;/q-1;;. The Morgan fingerprint density at radius 3 is 1.25 bits per heavy atom. The van der Waals surface area contributed by atoms with Gasteiger partial charge in [0, 0.05) is 21.1 Å². The van der Waals surface area contributed by atoms with Crippen LogP contribution in [0.1, 0.15) is 0 Å². The predicted octanol–water partition coefficient (Wildman–Crippen LogP) is 0.341. The molecule has 4 heavy (non-hydrogen) atoms. The molecule has 0 unspecified atom stereocenters. The van der Waals surface area contributed by atoms with Crippen molar-refractivity contribution in [3.63, 3.8) is 0 Å².